The van der Waals surface area contributed by atoms with Crippen molar-refractivity contribution >= 4 is 11.9 Å². The van der Waals surface area contributed by atoms with Gasteiger partial charge in [-0.1, -0.05) is 20.8 Å². The van der Waals surface area contributed by atoms with E-state index in [4.69, 9.17) is 0 Å². The number of rotatable bonds is 7. The van der Waals surface area contributed by atoms with Crippen LogP contribution >= 0.6 is 0 Å². The van der Waals surface area contributed by atoms with Crippen LogP contribution < -0.4 is 5.32 Å². The van der Waals surface area contributed by atoms with Crippen molar-refractivity contribution in [1.29, 1.82) is 0 Å². The van der Waals surface area contributed by atoms with E-state index in [2.05, 4.69) is 10.1 Å². The van der Waals surface area contributed by atoms with Gasteiger partial charge in [0.1, 0.15) is 0 Å². The molecule has 1 amide bonds. The van der Waals surface area contributed by atoms with Crippen molar-refractivity contribution in [3.05, 3.63) is 0 Å². The van der Waals surface area contributed by atoms with Gasteiger partial charge in [0.15, 0.2) is 0 Å². The van der Waals surface area contributed by atoms with Gasteiger partial charge in [0.25, 0.3) is 0 Å². The number of likely N-dealkylation sites (N-methyl/N-ethyl adjacent to an activating group) is 1. The van der Waals surface area contributed by atoms with E-state index in [1.165, 1.54) is 7.11 Å². The number of ether oxygens (including phenoxy) is 1. The third-order valence-electron chi connectivity index (χ3n) is 2.31. The molecule has 0 radical (unpaired) electrons. The summed E-state index contributed by atoms with van der Waals surface area (Å²) in [5.74, 6) is -0.0427. The van der Waals surface area contributed by atoms with Gasteiger partial charge in [-0.25, -0.2) is 0 Å². The molecule has 0 aliphatic heterocycles. The smallest absolute Gasteiger partial charge is 0.309 e. The SMILES string of the molecule is COC(=O)C(C)CN(C)CC(=O)NCC(C)C. The molecular weight excluding hydrogens is 220 g/mol. The van der Waals surface area contributed by atoms with Crippen molar-refractivity contribution in [3.8, 4) is 0 Å². The average molecular weight is 244 g/mol. The predicted molar refractivity (Wildman–Crippen MR) is 66.5 cm³/mol. The highest BCUT2D eigenvalue weighted by Crippen LogP contribution is 2.00. The first-order valence-corrected chi connectivity index (χ1v) is 5.89. The molecule has 1 unspecified atom stereocenters. The van der Waals surface area contributed by atoms with Crippen LogP contribution in [0.1, 0.15) is 20.8 Å². The van der Waals surface area contributed by atoms with E-state index in [-0.39, 0.29) is 17.8 Å². The topological polar surface area (TPSA) is 58.6 Å². The average Bonchev–Trinajstić information content (AvgIpc) is 2.24. The summed E-state index contributed by atoms with van der Waals surface area (Å²) in [7, 11) is 3.18. The zero-order valence-electron chi connectivity index (χ0n) is 11.4. The van der Waals surface area contributed by atoms with Gasteiger partial charge in [0, 0.05) is 13.1 Å². The first kappa shape index (κ1) is 15.9. The maximum Gasteiger partial charge on any atom is 0.309 e. The van der Waals surface area contributed by atoms with E-state index >= 15 is 0 Å². The molecular formula is C12H24N2O3. The number of carbonyl (C=O) groups excluding carboxylic acids is 2. The van der Waals surface area contributed by atoms with E-state index in [0.29, 0.717) is 25.6 Å². The molecule has 0 aromatic rings. The van der Waals surface area contributed by atoms with Crippen LogP contribution in [0.2, 0.25) is 0 Å². The Morgan fingerprint density at radius 3 is 2.35 bits per heavy atom. The summed E-state index contributed by atoms with van der Waals surface area (Å²) in [6.07, 6.45) is 0. The lowest BCUT2D eigenvalue weighted by Gasteiger charge is -2.19. The van der Waals surface area contributed by atoms with Crippen LogP contribution in [0.5, 0.6) is 0 Å². The number of hydrogen-bond donors (Lipinski definition) is 1. The van der Waals surface area contributed by atoms with E-state index < -0.39 is 0 Å². The van der Waals surface area contributed by atoms with Crippen LogP contribution in [0.4, 0.5) is 0 Å². The van der Waals surface area contributed by atoms with Crippen molar-refractivity contribution in [2.45, 2.75) is 20.8 Å². The number of esters is 1. The zero-order valence-corrected chi connectivity index (χ0v) is 11.4. The molecule has 100 valence electrons. The highest BCUT2D eigenvalue weighted by molar-refractivity contribution is 5.78. The maximum atomic E-state index is 11.5. The molecule has 1 atom stereocenters. The second-order valence-corrected chi connectivity index (χ2v) is 4.82. The van der Waals surface area contributed by atoms with Crippen molar-refractivity contribution in [3.63, 3.8) is 0 Å². The fourth-order valence-corrected chi connectivity index (χ4v) is 1.43. The second-order valence-electron chi connectivity index (χ2n) is 4.82. The molecule has 1 N–H and O–H groups in total. The molecule has 5 heteroatoms. The molecule has 17 heavy (non-hydrogen) atoms. The van der Waals surface area contributed by atoms with E-state index in [1.807, 2.05) is 25.8 Å². The zero-order chi connectivity index (χ0) is 13.4. The fourth-order valence-electron chi connectivity index (χ4n) is 1.43. The van der Waals surface area contributed by atoms with Gasteiger partial charge in [-0.15, -0.1) is 0 Å². The Hall–Kier alpha value is -1.10. The normalized spacial score (nSPS) is 12.6. The molecule has 0 saturated heterocycles. The maximum absolute atomic E-state index is 11.5. The largest absolute Gasteiger partial charge is 0.469 e. The summed E-state index contributed by atoms with van der Waals surface area (Å²) in [4.78, 5) is 24.5. The van der Waals surface area contributed by atoms with E-state index in [1.54, 1.807) is 6.92 Å². The minimum Gasteiger partial charge on any atom is -0.469 e. The quantitative estimate of drug-likeness (QED) is 0.663. The molecule has 0 aliphatic carbocycles. The van der Waals surface area contributed by atoms with Gasteiger partial charge in [-0.05, 0) is 13.0 Å². The van der Waals surface area contributed by atoms with Crippen molar-refractivity contribution in [2.24, 2.45) is 11.8 Å². The van der Waals surface area contributed by atoms with E-state index in [0.717, 1.165) is 0 Å². The lowest BCUT2D eigenvalue weighted by atomic mass is 10.2. The Kier molecular flexibility index (Phi) is 7.54. The minimum absolute atomic E-state index is 0.0155. The first-order valence-electron chi connectivity index (χ1n) is 5.89. The van der Waals surface area contributed by atoms with Crippen LogP contribution in [0.25, 0.3) is 0 Å². The lowest BCUT2D eigenvalue weighted by Crippen LogP contribution is -2.39. The highest BCUT2D eigenvalue weighted by Gasteiger charge is 2.16. The second kappa shape index (κ2) is 8.06. The highest BCUT2D eigenvalue weighted by atomic mass is 16.5. The van der Waals surface area contributed by atoms with Crippen LogP contribution in [-0.2, 0) is 14.3 Å². The summed E-state index contributed by atoms with van der Waals surface area (Å²) < 4.78 is 4.63. The van der Waals surface area contributed by atoms with Gasteiger partial charge in [0.2, 0.25) is 5.91 Å². The van der Waals surface area contributed by atoms with Crippen molar-refractivity contribution in [2.75, 3.05) is 33.8 Å². The van der Waals surface area contributed by atoms with Crippen LogP contribution in [-0.4, -0.2) is 50.6 Å². The molecule has 0 rings (SSSR count). The number of carbonyl (C=O) groups is 2. The predicted octanol–water partition coefficient (Wildman–Crippen LogP) is 0.500. The summed E-state index contributed by atoms with van der Waals surface area (Å²) >= 11 is 0. The van der Waals surface area contributed by atoms with Gasteiger partial charge < -0.3 is 10.1 Å². The Bertz CT molecular complexity index is 254. The van der Waals surface area contributed by atoms with Gasteiger partial charge >= 0.3 is 5.97 Å². The van der Waals surface area contributed by atoms with Crippen LogP contribution in [0.3, 0.4) is 0 Å². The molecule has 0 aromatic heterocycles. The van der Waals surface area contributed by atoms with Gasteiger partial charge in [-0.3, -0.25) is 14.5 Å². The third-order valence-corrected chi connectivity index (χ3v) is 2.31. The van der Waals surface area contributed by atoms with Crippen LogP contribution in [0, 0.1) is 11.8 Å². The number of hydrogen-bond acceptors (Lipinski definition) is 4. The summed E-state index contributed by atoms with van der Waals surface area (Å²) in [6, 6.07) is 0. The number of nitrogens with one attached hydrogen (secondary N) is 1. The molecule has 0 saturated carbocycles. The lowest BCUT2D eigenvalue weighted by molar-refractivity contribution is -0.145. The Balaban J connectivity index is 3.88. The molecule has 0 bridgehead atoms. The molecule has 0 heterocycles. The Morgan fingerprint density at radius 2 is 1.88 bits per heavy atom. The molecule has 0 aliphatic rings. The fraction of sp³-hybridized carbons (Fsp3) is 0.833. The van der Waals surface area contributed by atoms with E-state index in [9.17, 15) is 9.59 Å². The summed E-state index contributed by atoms with van der Waals surface area (Å²) in [6.45, 7) is 7.37. The molecule has 0 fully saturated rings. The molecule has 5 nitrogen and oxygen atoms in total. The monoisotopic (exact) mass is 244 g/mol. The summed E-state index contributed by atoms with van der Waals surface area (Å²) in [5.41, 5.74) is 0. The van der Waals surface area contributed by atoms with Crippen molar-refractivity contribution < 1.29 is 14.3 Å². The number of methoxy groups -OCH3 is 1. The molecule has 0 aromatic carbocycles. The Labute approximate surface area is 103 Å². The Morgan fingerprint density at radius 1 is 1.29 bits per heavy atom. The first-order chi connectivity index (χ1) is 7.86. The van der Waals surface area contributed by atoms with Gasteiger partial charge in [0.05, 0.1) is 19.6 Å². The number of nitrogens with zero attached hydrogens (tertiary/aromatic N) is 1. The molecule has 0 spiro atoms. The van der Waals surface area contributed by atoms with Crippen LogP contribution in [0.15, 0.2) is 0 Å². The standard InChI is InChI=1S/C12H24N2O3/c1-9(2)6-13-11(15)8-14(4)7-10(3)12(16)17-5/h9-10H,6-8H2,1-5H3,(H,13,15). The summed E-state index contributed by atoms with van der Waals surface area (Å²) in [5, 5.41) is 2.83. The third kappa shape index (κ3) is 7.74. The van der Waals surface area contributed by atoms with Crippen molar-refractivity contribution in [1.82, 2.24) is 10.2 Å². The minimum atomic E-state index is -0.251. The number of amides is 1. The van der Waals surface area contributed by atoms with Gasteiger partial charge in [-0.2, -0.15) is 0 Å².